The van der Waals surface area contributed by atoms with Gasteiger partial charge in [0, 0.05) is 29.2 Å². The molecule has 2 heterocycles. The van der Waals surface area contributed by atoms with Gasteiger partial charge >= 0.3 is 0 Å². The lowest BCUT2D eigenvalue weighted by atomic mass is 9.93. The van der Waals surface area contributed by atoms with Gasteiger partial charge in [0.25, 0.3) is 0 Å². The van der Waals surface area contributed by atoms with Crippen molar-refractivity contribution in [2.75, 3.05) is 26.7 Å². The SMILES string of the molecule is CCC1C2CNCC2CN1Cc1cc(Br)ccc1OC. The van der Waals surface area contributed by atoms with Crippen molar-refractivity contribution in [1.82, 2.24) is 10.2 Å². The summed E-state index contributed by atoms with van der Waals surface area (Å²) < 4.78 is 6.64. The van der Waals surface area contributed by atoms with Gasteiger partial charge in [-0.15, -0.1) is 0 Å². The number of hydrogen-bond acceptors (Lipinski definition) is 3. The molecule has 0 spiro atoms. The lowest BCUT2D eigenvalue weighted by Crippen LogP contribution is -2.34. The lowest BCUT2D eigenvalue weighted by Gasteiger charge is -2.27. The van der Waals surface area contributed by atoms with Crippen LogP contribution in [0.1, 0.15) is 18.9 Å². The second-order valence-electron chi connectivity index (χ2n) is 5.94. The van der Waals surface area contributed by atoms with E-state index in [-0.39, 0.29) is 0 Å². The van der Waals surface area contributed by atoms with Crippen LogP contribution < -0.4 is 10.1 Å². The Morgan fingerprint density at radius 3 is 3.00 bits per heavy atom. The Morgan fingerprint density at radius 2 is 2.25 bits per heavy atom. The molecule has 2 saturated heterocycles. The maximum absolute atomic E-state index is 5.51. The molecule has 0 aromatic heterocycles. The zero-order valence-electron chi connectivity index (χ0n) is 12.2. The van der Waals surface area contributed by atoms with E-state index < -0.39 is 0 Å². The Hall–Kier alpha value is -0.580. The number of likely N-dealkylation sites (tertiary alicyclic amines) is 1. The molecule has 110 valence electrons. The number of fused-ring (bicyclic) bond motifs is 1. The second kappa shape index (κ2) is 6.04. The highest BCUT2D eigenvalue weighted by molar-refractivity contribution is 9.10. The predicted molar refractivity (Wildman–Crippen MR) is 85.0 cm³/mol. The number of rotatable bonds is 4. The normalized spacial score (nSPS) is 29.6. The quantitative estimate of drug-likeness (QED) is 0.913. The van der Waals surface area contributed by atoms with E-state index in [9.17, 15) is 0 Å². The van der Waals surface area contributed by atoms with Crippen molar-refractivity contribution < 1.29 is 4.74 Å². The van der Waals surface area contributed by atoms with Crippen LogP contribution in [-0.4, -0.2) is 37.7 Å². The number of benzene rings is 1. The van der Waals surface area contributed by atoms with Gasteiger partial charge in [-0.05, 0) is 49.5 Å². The van der Waals surface area contributed by atoms with Crippen LogP contribution in [0, 0.1) is 11.8 Å². The van der Waals surface area contributed by atoms with Gasteiger partial charge in [-0.3, -0.25) is 4.90 Å². The van der Waals surface area contributed by atoms with Crippen molar-refractivity contribution in [1.29, 1.82) is 0 Å². The minimum atomic E-state index is 0.707. The molecule has 3 nitrogen and oxygen atoms in total. The van der Waals surface area contributed by atoms with E-state index >= 15 is 0 Å². The molecule has 0 saturated carbocycles. The van der Waals surface area contributed by atoms with Gasteiger partial charge in [0.05, 0.1) is 7.11 Å². The first kappa shape index (κ1) is 14.4. The third kappa shape index (κ3) is 2.61. The molecular weight excluding hydrogens is 316 g/mol. The van der Waals surface area contributed by atoms with Crippen LogP contribution in [0.2, 0.25) is 0 Å². The highest BCUT2D eigenvalue weighted by atomic mass is 79.9. The third-order valence-corrected chi connectivity index (χ3v) is 5.35. The Morgan fingerprint density at radius 1 is 1.40 bits per heavy atom. The molecular formula is C16H23BrN2O. The third-order valence-electron chi connectivity index (χ3n) is 4.86. The Kier molecular flexibility index (Phi) is 4.34. The molecule has 2 aliphatic rings. The fraction of sp³-hybridized carbons (Fsp3) is 0.625. The van der Waals surface area contributed by atoms with Gasteiger partial charge in [-0.25, -0.2) is 0 Å². The van der Waals surface area contributed by atoms with E-state index in [2.05, 4.69) is 45.2 Å². The van der Waals surface area contributed by atoms with E-state index in [4.69, 9.17) is 4.74 Å². The molecule has 4 heteroatoms. The summed E-state index contributed by atoms with van der Waals surface area (Å²) in [5, 5.41) is 3.55. The number of methoxy groups -OCH3 is 1. The number of nitrogens with zero attached hydrogens (tertiary/aromatic N) is 1. The average Bonchev–Trinajstić information content (AvgIpc) is 2.99. The molecule has 0 amide bonds. The summed E-state index contributed by atoms with van der Waals surface area (Å²) in [6, 6.07) is 7.00. The molecule has 2 fully saturated rings. The summed E-state index contributed by atoms with van der Waals surface area (Å²) in [5.74, 6) is 2.66. The van der Waals surface area contributed by atoms with E-state index in [0.717, 1.165) is 28.6 Å². The highest BCUT2D eigenvalue weighted by Gasteiger charge is 2.43. The van der Waals surface area contributed by atoms with E-state index in [1.165, 1.54) is 31.6 Å². The fourth-order valence-corrected chi connectivity index (χ4v) is 4.35. The summed E-state index contributed by atoms with van der Waals surface area (Å²) >= 11 is 3.57. The summed E-state index contributed by atoms with van der Waals surface area (Å²) in [7, 11) is 1.76. The number of ether oxygens (including phenoxy) is 1. The largest absolute Gasteiger partial charge is 0.496 e. The molecule has 1 aromatic carbocycles. The van der Waals surface area contributed by atoms with Crippen molar-refractivity contribution in [2.24, 2.45) is 11.8 Å². The van der Waals surface area contributed by atoms with Crippen LogP contribution in [-0.2, 0) is 6.54 Å². The van der Waals surface area contributed by atoms with Gasteiger partial charge in [-0.1, -0.05) is 22.9 Å². The highest BCUT2D eigenvalue weighted by Crippen LogP contribution is 2.36. The molecule has 20 heavy (non-hydrogen) atoms. The number of nitrogens with one attached hydrogen (secondary N) is 1. The standard InChI is InChI=1S/C16H23BrN2O/c1-3-15-14-8-18-7-12(14)10-19(15)9-11-6-13(17)4-5-16(11)20-2/h4-6,12,14-15,18H,3,7-10H2,1-2H3. The van der Waals surface area contributed by atoms with Crippen molar-refractivity contribution >= 4 is 15.9 Å². The molecule has 3 unspecified atom stereocenters. The van der Waals surface area contributed by atoms with Crippen LogP contribution in [0.4, 0.5) is 0 Å². The first-order valence-electron chi connectivity index (χ1n) is 7.50. The van der Waals surface area contributed by atoms with Crippen molar-refractivity contribution in [2.45, 2.75) is 25.9 Å². The maximum Gasteiger partial charge on any atom is 0.123 e. The van der Waals surface area contributed by atoms with Gasteiger partial charge in [0.2, 0.25) is 0 Å². The maximum atomic E-state index is 5.51. The van der Waals surface area contributed by atoms with Crippen LogP contribution >= 0.6 is 15.9 Å². The first-order chi connectivity index (χ1) is 9.72. The molecule has 1 aromatic rings. The van der Waals surface area contributed by atoms with Gasteiger partial charge in [-0.2, -0.15) is 0 Å². The Bertz CT molecular complexity index is 480. The number of halogens is 1. The Labute approximate surface area is 129 Å². The molecule has 0 bridgehead atoms. The minimum Gasteiger partial charge on any atom is -0.496 e. The average molecular weight is 339 g/mol. The van der Waals surface area contributed by atoms with Gasteiger partial charge in [0.15, 0.2) is 0 Å². The topological polar surface area (TPSA) is 24.5 Å². The monoisotopic (exact) mass is 338 g/mol. The first-order valence-corrected chi connectivity index (χ1v) is 8.29. The molecule has 3 rings (SSSR count). The predicted octanol–water partition coefficient (Wildman–Crippen LogP) is 2.89. The lowest BCUT2D eigenvalue weighted by molar-refractivity contribution is 0.208. The molecule has 0 aliphatic carbocycles. The minimum absolute atomic E-state index is 0.707. The summed E-state index contributed by atoms with van der Waals surface area (Å²) in [6.07, 6.45) is 1.24. The van der Waals surface area contributed by atoms with Crippen molar-refractivity contribution in [3.63, 3.8) is 0 Å². The van der Waals surface area contributed by atoms with Crippen LogP contribution in [0.5, 0.6) is 5.75 Å². The zero-order valence-corrected chi connectivity index (χ0v) is 13.8. The molecule has 1 N–H and O–H groups in total. The summed E-state index contributed by atoms with van der Waals surface area (Å²) in [4.78, 5) is 2.65. The van der Waals surface area contributed by atoms with Crippen LogP contribution in [0.3, 0.4) is 0 Å². The molecule has 0 radical (unpaired) electrons. The van der Waals surface area contributed by atoms with E-state index in [1.54, 1.807) is 7.11 Å². The molecule has 3 atom stereocenters. The van der Waals surface area contributed by atoms with Gasteiger partial charge in [0.1, 0.15) is 5.75 Å². The van der Waals surface area contributed by atoms with Crippen LogP contribution in [0.25, 0.3) is 0 Å². The summed E-state index contributed by atoms with van der Waals surface area (Å²) in [6.45, 7) is 6.90. The number of hydrogen-bond donors (Lipinski definition) is 1. The van der Waals surface area contributed by atoms with Crippen LogP contribution in [0.15, 0.2) is 22.7 Å². The van der Waals surface area contributed by atoms with Gasteiger partial charge < -0.3 is 10.1 Å². The summed E-state index contributed by atoms with van der Waals surface area (Å²) in [5.41, 5.74) is 1.29. The van der Waals surface area contributed by atoms with E-state index in [0.29, 0.717) is 6.04 Å². The molecule has 2 aliphatic heterocycles. The van der Waals surface area contributed by atoms with Crippen molar-refractivity contribution in [3.05, 3.63) is 28.2 Å². The van der Waals surface area contributed by atoms with Crippen molar-refractivity contribution in [3.8, 4) is 5.75 Å². The van der Waals surface area contributed by atoms with E-state index in [1.807, 2.05) is 6.07 Å². The zero-order chi connectivity index (χ0) is 14.1. The second-order valence-corrected chi connectivity index (χ2v) is 6.86. The Balaban J connectivity index is 1.79. The smallest absolute Gasteiger partial charge is 0.123 e. The fourth-order valence-electron chi connectivity index (χ4n) is 3.94.